The highest BCUT2D eigenvalue weighted by atomic mass is 16.6. The Morgan fingerprint density at radius 1 is 1.18 bits per heavy atom. The van der Waals surface area contributed by atoms with Gasteiger partial charge in [0.05, 0.1) is 20.3 Å². The topological polar surface area (TPSA) is 97.3 Å². The molecule has 0 amide bonds. The van der Waals surface area contributed by atoms with E-state index in [0.29, 0.717) is 18.6 Å². The van der Waals surface area contributed by atoms with Gasteiger partial charge >= 0.3 is 11.9 Å². The van der Waals surface area contributed by atoms with Crippen molar-refractivity contribution in [1.29, 1.82) is 0 Å². The van der Waals surface area contributed by atoms with E-state index in [0.717, 1.165) is 35.5 Å². The quantitative estimate of drug-likeness (QED) is 0.322. The van der Waals surface area contributed by atoms with Crippen LogP contribution in [0, 0.1) is 5.41 Å². The molecule has 1 unspecified atom stereocenters. The SMILES string of the molecule is CC[C@]12C=CCN3CC[C@@]4(c5cc(/C=C/c6ccccc6)c(OC)cc5NC4[C@@](O)(C(=O)OC)[C@@H]1OC(C)=O)[C@@H]32. The van der Waals surface area contributed by atoms with Gasteiger partial charge in [0.2, 0.25) is 5.60 Å². The van der Waals surface area contributed by atoms with Crippen molar-refractivity contribution in [3.8, 4) is 5.75 Å². The van der Waals surface area contributed by atoms with Crippen LogP contribution in [-0.2, 0) is 24.5 Å². The molecule has 1 spiro atoms. The minimum atomic E-state index is -2.14. The lowest BCUT2D eigenvalue weighted by atomic mass is 9.48. The van der Waals surface area contributed by atoms with Crippen LogP contribution in [0.5, 0.6) is 5.75 Å². The molecular weight excluding hydrogens is 508 g/mol. The van der Waals surface area contributed by atoms with Crippen molar-refractivity contribution in [3.63, 3.8) is 0 Å². The molecule has 2 aromatic rings. The Hall–Kier alpha value is -3.62. The standard InChI is InChI=1S/C32H36N2O6/c1-5-30-14-9-16-34-17-15-31(27(30)34)23-18-22(13-12-21-10-7-6-8-11-21)25(38-3)19-24(23)33-26(31)32(37,29(36)39-4)28(30)40-20(2)35/h6-14,18-19,26-28,33,37H,5,15-17H2,1-4H3/b13-12+/t26?,27-,28+,30+,31-,32-/m0/s1. The summed E-state index contributed by atoms with van der Waals surface area (Å²) >= 11 is 0. The molecule has 3 aliphatic heterocycles. The number of fused-ring (bicyclic) bond motifs is 1. The zero-order chi connectivity index (χ0) is 28.3. The van der Waals surface area contributed by atoms with Gasteiger partial charge in [-0.15, -0.1) is 0 Å². The van der Waals surface area contributed by atoms with E-state index >= 15 is 0 Å². The zero-order valence-electron chi connectivity index (χ0n) is 23.3. The molecule has 210 valence electrons. The highest BCUT2D eigenvalue weighted by Crippen LogP contribution is 2.66. The second-order valence-corrected chi connectivity index (χ2v) is 11.3. The molecule has 0 aromatic heterocycles. The van der Waals surface area contributed by atoms with Gasteiger partial charge in [0.1, 0.15) is 5.75 Å². The molecule has 40 heavy (non-hydrogen) atoms. The molecule has 6 rings (SSSR count). The van der Waals surface area contributed by atoms with Gasteiger partial charge in [-0.05, 0) is 36.6 Å². The summed E-state index contributed by atoms with van der Waals surface area (Å²) in [5.41, 5.74) is 0.173. The molecule has 1 aliphatic carbocycles. The first-order chi connectivity index (χ1) is 19.3. The number of carbonyl (C=O) groups excluding carboxylic acids is 2. The number of nitrogens with one attached hydrogen (secondary N) is 1. The summed E-state index contributed by atoms with van der Waals surface area (Å²) in [5, 5.41) is 16.1. The molecule has 2 fully saturated rings. The number of hydrogen-bond acceptors (Lipinski definition) is 8. The van der Waals surface area contributed by atoms with Crippen molar-refractivity contribution in [2.45, 2.75) is 55.9 Å². The highest BCUT2D eigenvalue weighted by Gasteiger charge is 2.79. The fourth-order valence-corrected chi connectivity index (χ4v) is 8.16. The Kier molecular flexibility index (Phi) is 6.31. The molecule has 1 saturated heterocycles. The van der Waals surface area contributed by atoms with E-state index in [-0.39, 0.29) is 6.04 Å². The van der Waals surface area contributed by atoms with Crippen LogP contribution in [0.15, 0.2) is 54.6 Å². The first-order valence-corrected chi connectivity index (χ1v) is 13.9. The number of aliphatic hydroxyl groups is 1. The molecule has 1 saturated carbocycles. The average molecular weight is 545 g/mol. The Balaban J connectivity index is 1.59. The number of anilines is 1. The number of hydrogen-bond donors (Lipinski definition) is 2. The van der Waals surface area contributed by atoms with Gasteiger partial charge < -0.3 is 24.6 Å². The molecule has 2 N–H and O–H groups in total. The van der Waals surface area contributed by atoms with Gasteiger partial charge in [-0.1, -0.05) is 61.6 Å². The number of benzene rings is 2. The lowest BCUT2D eigenvalue weighted by Crippen LogP contribution is -2.80. The Morgan fingerprint density at radius 2 is 1.95 bits per heavy atom. The number of methoxy groups -OCH3 is 2. The second kappa shape index (κ2) is 9.49. The molecule has 0 radical (unpaired) electrons. The molecule has 8 heteroatoms. The lowest BCUT2D eigenvalue weighted by molar-refractivity contribution is -0.226. The third-order valence-corrected chi connectivity index (χ3v) is 9.62. The molecule has 0 bridgehead atoms. The average Bonchev–Trinajstić information content (AvgIpc) is 3.53. The van der Waals surface area contributed by atoms with Crippen LogP contribution >= 0.6 is 0 Å². The fraction of sp³-hybridized carbons (Fsp3) is 0.438. The lowest BCUT2D eigenvalue weighted by Gasteiger charge is -2.62. The Morgan fingerprint density at radius 3 is 2.62 bits per heavy atom. The van der Waals surface area contributed by atoms with Crippen molar-refractivity contribution in [1.82, 2.24) is 4.90 Å². The summed E-state index contributed by atoms with van der Waals surface area (Å²) in [6.45, 7) is 4.87. The van der Waals surface area contributed by atoms with Crippen molar-refractivity contribution in [3.05, 3.63) is 71.3 Å². The second-order valence-electron chi connectivity index (χ2n) is 11.3. The van der Waals surface area contributed by atoms with Crippen molar-refractivity contribution in [2.24, 2.45) is 5.41 Å². The molecule has 6 atom stereocenters. The van der Waals surface area contributed by atoms with Gasteiger partial charge in [0.25, 0.3) is 0 Å². The minimum absolute atomic E-state index is 0.123. The predicted octanol–water partition coefficient (Wildman–Crippen LogP) is 3.79. The maximum Gasteiger partial charge on any atom is 0.344 e. The Bertz CT molecular complexity index is 1410. The Labute approximate surface area is 234 Å². The maximum absolute atomic E-state index is 13.7. The van der Waals surface area contributed by atoms with Crippen molar-refractivity contribution in [2.75, 3.05) is 32.6 Å². The van der Waals surface area contributed by atoms with Crippen LogP contribution in [0.4, 0.5) is 5.69 Å². The summed E-state index contributed by atoms with van der Waals surface area (Å²) in [5.74, 6) is -0.697. The van der Waals surface area contributed by atoms with Crippen molar-refractivity contribution >= 4 is 29.8 Å². The van der Waals surface area contributed by atoms with Gasteiger partial charge in [0, 0.05) is 47.7 Å². The van der Waals surface area contributed by atoms with Gasteiger partial charge in [-0.3, -0.25) is 9.69 Å². The van der Waals surface area contributed by atoms with Gasteiger partial charge in [-0.25, -0.2) is 4.79 Å². The van der Waals surface area contributed by atoms with Crippen LogP contribution in [0.25, 0.3) is 12.2 Å². The molecule has 4 aliphatic rings. The molecular formula is C32H36N2O6. The van der Waals surface area contributed by atoms with Crippen molar-refractivity contribution < 1.29 is 28.9 Å². The minimum Gasteiger partial charge on any atom is -0.496 e. The maximum atomic E-state index is 13.7. The van der Waals surface area contributed by atoms with E-state index in [1.807, 2.05) is 55.5 Å². The van der Waals surface area contributed by atoms with Gasteiger partial charge in [-0.2, -0.15) is 0 Å². The number of rotatable bonds is 6. The van der Waals surface area contributed by atoms with Crippen LogP contribution in [0.1, 0.15) is 43.4 Å². The van der Waals surface area contributed by atoms with E-state index in [9.17, 15) is 14.7 Å². The molecule has 8 nitrogen and oxygen atoms in total. The summed E-state index contributed by atoms with van der Waals surface area (Å²) in [6.07, 6.45) is 8.35. The monoisotopic (exact) mass is 544 g/mol. The third-order valence-electron chi connectivity index (χ3n) is 9.62. The molecule has 3 heterocycles. The van der Waals surface area contributed by atoms with E-state index in [4.69, 9.17) is 14.2 Å². The summed E-state index contributed by atoms with van der Waals surface area (Å²) in [4.78, 5) is 28.5. The van der Waals surface area contributed by atoms with Crippen LogP contribution in [0.3, 0.4) is 0 Å². The highest BCUT2D eigenvalue weighted by molar-refractivity contribution is 5.87. The fourth-order valence-electron chi connectivity index (χ4n) is 8.16. The first-order valence-electron chi connectivity index (χ1n) is 13.9. The van der Waals surface area contributed by atoms with E-state index in [1.54, 1.807) is 7.11 Å². The number of nitrogens with zero attached hydrogens (tertiary/aromatic N) is 1. The number of ether oxygens (including phenoxy) is 3. The number of esters is 2. The summed E-state index contributed by atoms with van der Waals surface area (Å²) in [7, 11) is 2.90. The molecule has 2 aromatic carbocycles. The van der Waals surface area contributed by atoms with E-state index < -0.39 is 40.5 Å². The summed E-state index contributed by atoms with van der Waals surface area (Å²) in [6, 6.07) is 13.2. The van der Waals surface area contributed by atoms with E-state index in [2.05, 4.69) is 28.4 Å². The normalized spacial score (nSPS) is 33.6. The first kappa shape index (κ1) is 26.6. The number of carbonyl (C=O) groups is 2. The zero-order valence-corrected chi connectivity index (χ0v) is 23.3. The van der Waals surface area contributed by atoms with Gasteiger partial charge in [0.15, 0.2) is 6.10 Å². The third kappa shape index (κ3) is 3.45. The summed E-state index contributed by atoms with van der Waals surface area (Å²) < 4.78 is 17.0. The van der Waals surface area contributed by atoms with Crippen LogP contribution in [-0.4, -0.2) is 73.0 Å². The van der Waals surface area contributed by atoms with Crippen LogP contribution < -0.4 is 10.1 Å². The van der Waals surface area contributed by atoms with Crippen LogP contribution in [0.2, 0.25) is 0 Å². The smallest absolute Gasteiger partial charge is 0.344 e. The van der Waals surface area contributed by atoms with E-state index in [1.165, 1.54) is 14.0 Å². The largest absolute Gasteiger partial charge is 0.496 e. The predicted molar refractivity (Wildman–Crippen MR) is 152 cm³/mol.